The summed E-state index contributed by atoms with van der Waals surface area (Å²) >= 11 is 0. The zero-order valence-corrected chi connectivity index (χ0v) is 15.1. The van der Waals surface area contributed by atoms with Crippen molar-refractivity contribution in [2.45, 2.75) is 33.7 Å². The summed E-state index contributed by atoms with van der Waals surface area (Å²) < 4.78 is 9.06. The zero-order valence-electron chi connectivity index (χ0n) is 15.1. The molecule has 3 aromatic rings. The molecule has 0 aliphatic rings. The first-order valence-electron chi connectivity index (χ1n) is 8.14. The molecule has 3 rings (SSSR count). The second-order valence-corrected chi connectivity index (χ2v) is 6.30. The molecule has 0 aromatic carbocycles. The molecule has 0 unspecified atom stereocenters. The van der Waals surface area contributed by atoms with Crippen LogP contribution >= 0.6 is 0 Å². The Labute approximate surface area is 145 Å². The molecule has 0 radical (unpaired) electrons. The molecule has 25 heavy (non-hydrogen) atoms. The van der Waals surface area contributed by atoms with E-state index < -0.39 is 0 Å². The minimum absolute atomic E-state index is 0.136. The van der Waals surface area contributed by atoms with Gasteiger partial charge in [-0.2, -0.15) is 5.10 Å². The van der Waals surface area contributed by atoms with Crippen molar-refractivity contribution >= 4 is 22.8 Å². The molecule has 8 nitrogen and oxygen atoms in total. The first kappa shape index (κ1) is 16.9. The quantitative estimate of drug-likeness (QED) is 0.769. The molecular weight excluding hydrogens is 320 g/mol. The average molecular weight is 342 g/mol. The van der Waals surface area contributed by atoms with E-state index in [0.29, 0.717) is 11.7 Å². The first-order chi connectivity index (χ1) is 11.9. The van der Waals surface area contributed by atoms with Crippen molar-refractivity contribution in [3.8, 4) is 5.88 Å². The Balaban J connectivity index is 1.74. The van der Waals surface area contributed by atoms with Gasteiger partial charge in [0.15, 0.2) is 12.3 Å². The first-order valence-corrected chi connectivity index (χ1v) is 8.14. The molecule has 0 saturated carbocycles. The van der Waals surface area contributed by atoms with Crippen LogP contribution < -0.4 is 10.1 Å². The molecule has 0 aliphatic carbocycles. The Bertz CT molecular complexity index is 925. The lowest BCUT2D eigenvalue weighted by Gasteiger charge is -2.11. The van der Waals surface area contributed by atoms with Crippen molar-refractivity contribution in [1.29, 1.82) is 0 Å². The topological polar surface area (TPSA) is 86.9 Å². The standard InChI is InChI=1S/C17H22N6O2/c1-10(2)23-13(6-7-18-23)20-14(24)9-25-17-15-11(3)8-12(4)19-16(15)22(5)21-17/h6-8,10H,9H2,1-5H3,(H,20,24). The molecule has 0 saturated heterocycles. The summed E-state index contributed by atoms with van der Waals surface area (Å²) in [7, 11) is 1.81. The number of nitrogens with zero attached hydrogens (tertiary/aromatic N) is 5. The number of ether oxygens (including phenoxy) is 1. The minimum Gasteiger partial charge on any atom is -0.466 e. The number of amides is 1. The van der Waals surface area contributed by atoms with Crippen LogP contribution in [0.2, 0.25) is 0 Å². The number of rotatable bonds is 5. The van der Waals surface area contributed by atoms with Gasteiger partial charge in [0.2, 0.25) is 5.88 Å². The van der Waals surface area contributed by atoms with Crippen molar-refractivity contribution in [3.63, 3.8) is 0 Å². The lowest BCUT2D eigenvalue weighted by atomic mass is 10.2. The molecule has 132 valence electrons. The lowest BCUT2D eigenvalue weighted by Crippen LogP contribution is -2.22. The van der Waals surface area contributed by atoms with Crippen LogP contribution in [0, 0.1) is 13.8 Å². The van der Waals surface area contributed by atoms with Gasteiger partial charge in [-0.05, 0) is 39.3 Å². The Kier molecular flexibility index (Phi) is 4.43. The Morgan fingerprint density at radius 3 is 2.84 bits per heavy atom. The number of aromatic nitrogens is 5. The van der Waals surface area contributed by atoms with Gasteiger partial charge in [0, 0.05) is 24.8 Å². The Morgan fingerprint density at radius 1 is 1.36 bits per heavy atom. The monoisotopic (exact) mass is 342 g/mol. The highest BCUT2D eigenvalue weighted by Gasteiger charge is 2.16. The number of fused-ring (bicyclic) bond motifs is 1. The van der Waals surface area contributed by atoms with Crippen LogP contribution in [0.25, 0.3) is 11.0 Å². The van der Waals surface area contributed by atoms with Crippen LogP contribution in [0.15, 0.2) is 18.3 Å². The van der Waals surface area contributed by atoms with E-state index in [4.69, 9.17) is 4.74 Å². The molecule has 0 fully saturated rings. The van der Waals surface area contributed by atoms with Crippen molar-refractivity contribution < 1.29 is 9.53 Å². The van der Waals surface area contributed by atoms with Crippen LogP contribution in [0.4, 0.5) is 5.82 Å². The third-order valence-corrected chi connectivity index (χ3v) is 3.85. The summed E-state index contributed by atoms with van der Waals surface area (Å²) in [5, 5.41) is 12.2. The van der Waals surface area contributed by atoms with Crippen molar-refractivity contribution in [2.75, 3.05) is 11.9 Å². The van der Waals surface area contributed by atoms with Crippen LogP contribution in [-0.4, -0.2) is 37.1 Å². The number of anilines is 1. The zero-order chi connectivity index (χ0) is 18.1. The van der Waals surface area contributed by atoms with Crippen molar-refractivity contribution in [1.82, 2.24) is 24.5 Å². The summed E-state index contributed by atoms with van der Waals surface area (Å²) in [6.07, 6.45) is 1.65. The predicted octanol–water partition coefficient (Wildman–Crippen LogP) is 2.38. The number of aryl methyl sites for hydroxylation is 3. The molecule has 3 aromatic heterocycles. The van der Waals surface area contributed by atoms with Crippen molar-refractivity contribution in [2.24, 2.45) is 7.05 Å². The summed E-state index contributed by atoms with van der Waals surface area (Å²) in [4.78, 5) is 16.7. The largest absolute Gasteiger partial charge is 0.466 e. The molecule has 1 N–H and O–H groups in total. The number of hydrogen-bond acceptors (Lipinski definition) is 5. The molecule has 0 spiro atoms. The molecule has 0 bridgehead atoms. The third-order valence-electron chi connectivity index (χ3n) is 3.85. The molecule has 0 atom stereocenters. The number of carbonyl (C=O) groups excluding carboxylic acids is 1. The smallest absolute Gasteiger partial charge is 0.263 e. The molecule has 8 heteroatoms. The summed E-state index contributed by atoms with van der Waals surface area (Å²) in [6.45, 7) is 7.77. The van der Waals surface area contributed by atoms with E-state index >= 15 is 0 Å². The minimum atomic E-state index is -0.265. The van der Waals surface area contributed by atoms with E-state index in [0.717, 1.165) is 22.3 Å². The van der Waals surface area contributed by atoms with Gasteiger partial charge < -0.3 is 10.1 Å². The summed E-state index contributed by atoms with van der Waals surface area (Å²) in [5.41, 5.74) is 2.67. The van der Waals surface area contributed by atoms with Gasteiger partial charge in [-0.15, -0.1) is 5.10 Å². The molecule has 0 aliphatic heterocycles. The van der Waals surface area contributed by atoms with Gasteiger partial charge in [-0.1, -0.05) is 0 Å². The fourth-order valence-corrected chi connectivity index (χ4v) is 2.79. The Hall–Kier alpha value is -2.90. The number of carbonyl (C=O) groups is 1. The Morgan fingerprint density at radius 2 is 2.12 bits per heavy atom. The van der Waals surface area contributed by atoms with E-state index in [9.17, 15) is 4.79 Å². The van der Waals surface area contributed by atoms with E-state index in [2.05, 4.69) is 20.5 Å². The van der Waals surface area contributed by atoms with E-state index in [1.165, 1.54) is 0 Å². The second kappa shape index (κ2) is 6.54. The van der Waals surface area contributed by atoms with E-state index in [1.807, 2.05) is 40.8 Å². The molecule has 3 heterocycles. The highest BCUT2D eigenvalue weighted by Crippen LogP contribution is 2.27. The van der Waals surface area contributed by atoms with Gasteiger partial charge in [0.1, 0.15) is 5.82 Å². The average Bonchev–Trinajstić information content (AvgIpc) is 3.10. The van der Waals surface area contributed by atoms with Crippen LogP contribution in [0.5, 0.6) is 5.88 Å². The van der Waals surface area contributed by atoms with Gasteiger partial charge in [-0.25, -0.2) is 14.3 Å². The molecule has 1 amide bonds. The van der Waals surface area contributed by atoms with Gasteiger partial charge in [0.05, 0.1) is 11.6 Å². The molecular formula is C17H22N6O2. The van der Waals surface area contributed by atoms with Crippen LogP contribution in [0.1, 0.15) is 31.1 Å². The summed E-state index contributed by atoms with van der Waals surface area (Å²) in [5.74, 6) is 0.789. The normalized spacial score (nSPS) is 11.3. The van der Waals surface area contributed by atoms with Gasteiger partial charge in [0.25, 0.3) is 5.91 Å². The highest BCUT2D eigenvalue weighted by atomic mass is 16.5. The van der Waals surface area contributed by atoms with Crippen LogP contribution in [-0.2, 0) is 11.8 Å². The van der Waals surface area contributed by atoms with E-state index in [-0.39, 0.29) is 18.6 Å². The lowest BCUT2D eigenvalue weighted by molar-refractivity contribution is -0.118. The maximum absolute atomic E-state index is 12.2. The number of nitrogens with one attached hydrogen (secondary N) is 1. The highest BCUT2D eigenvalue weighted by molar-refractivity contribution is 5.91. The summed E-state index contributed by atoms with van der Waals surface area (Å²) in [6, 6.07) is 3.88. The number of hydrogen-bond donors (Lipinski definition) is 1. The number of pyridine rings is 1. The fraction of sp³-hybridized carbons (Fsp3) is 0.412. The third kappa shape index (κ3) is 3.33. The van der Waals surface area contributed by atoms with Gasteiger partial charge in [-0.3, -0.25) is 4.79 Å². The maximum atomic E-state index is 12.2. The fourth-order valence-electron chi connectivity index (χ4n) is 2.79. The van der Waals surface area contributed by atoms with Crippen LogP contribution in [0.3, 0.4) is 0 Å². The second-order valence-electron chi connectivity index (χ2n) is 6.30. The predicted molar refractivity (Wildman–Crippen MR) is 94.7 cm³/mol. The SMILES string of the molecule is Cc1cc(C)c2c(OCC(=O)Nc3ccnn3C(C)C)nn(C)c2n1. The maximum Gasteiger partial charge on any atom is 0.263 e. The van der Waals surface area contributed by atoms with Crippen molar-refractivity contribution in [3.05, 3.63) is 29.6 Å². The van der Waals surface area contributed by atoms with Gasteiger partial charge >= 0.3 is 0 Å². The van der Waals surface area contributed by atoms with E-state index in [1.54, 1.807) is 21.6 Å².